The number of urea groups is 1. The zero-order chi connectivity index (χ0) is 42.6. The number of aryl methyl sites for hydroxylation is 1. The number of rotatable bonds is 12. The van der Waals surface area contributed by atoms with E-state index in [4.69, 9.17) is 20.0 Å². The number of piperidine rings is 1. The van der Waals surface area contributed by atoms with Crippen LogP contribution in [0.15, 0.2) is 78.8 Å². The van der Waals surface area contributed by atoms with Crippen LogP contribution in [0.5, 0.6) is 5.75 Å². The van der Waals surface area contributed by atoms with Crippen molar-refractivity contribution < 1.29 is 14.0 Å². The number of pyridine rings is 1. The monoisotopic (exact) mass is 809 g/mol. The fourth-order valence-corrected chi connectivity index (χ4v) is 14.5. The van der Waals surface area contributed by atoms with E-state index in [1.54, 1.807) is 29.0 Å². The van der Waals surface area contributed by atoms with Crippen LogP contribution in [0.4, 0.5) is 10.5 Å². The first-order valence-corrected chi connectivity index (χ1v) is 23.1. The van der Waals surface area contributed by atoms with Crippen molar-refractivity contribution in [2.24, 2.45) is 5.41 Å². The van der Waals surface area contributed by atoms with E-state index in [1.807, 2.05) is 76.2 Å². The van der Waals surface area contributed by atoms with Gasteiger partial charge in [-0.15, -0.1) is 0 Å². The molecule has 2 atom stereocenters. The SMILES string of the molecule is Cc1ccc(N/C(=C\C(=N)C(C)(C)C)NC(=O)N[C@H]2CC[C@@H](Oc3ccc(=N)n(C(=N)N4CCC(C)(O[Si](C(C)C)(C(C)C)C(C)C)CC4)c3)c3ccccc32)cc1. The fraction of sp³-hybridized carbons (Fsp3) is 0.522. The third kappa shape index (κ3) is 10.3. The number of allylic oxidation sites excluding steroid dienone is 1. The number of anilines is 1. The standard InChI is InChI=1S/C46H68N8O3Si/c1-30(2)58(31(3)4,32(5)6)57-46(11)24-26-53(27-25-46)43(49)54-29-35(20-23-41(54)48)56-39-22-21-38(36-14-12-13-15-37(36)39)51-44(55)52-42(28-40(47)45(8,9)10)50-34-18-16-33(7)17-19-34/h12-20,23,28-32,38-39,47-50H,21-22,24-27H2,1-11H3,(H2,51,52,55)/b42-28+,47-40?,48-41?,49-43?/t38-,39+/m0/s1. The summed E-state index contributed by atoms with van der Waals surface area (Å²) in [4.78, 5) is 15.6. The number of nitrogens with one attached hydrogen (secondary N) is 6. The summed E-state index contributed by atoms with van der Waals surface area (Å²) >= 11 is 0. The predicted molar refractivity (Wildman–Crippen MR) is 238 cm³/mol. The third-order valence-corrected chi connectivity index (χ3v) is 18.4. The van der Waals surface area contributed by atoms with E-state index >= 15 is 0 Å². The Morgan fingerprint density at radius 2 is 1.50 bits per heavy atom. The second-order valence-corrected chi connectivity index (χ2v) is 23.9. The van der Waals surface area contributed by atoms with E-state index < -0.39 is 13.7 Å². The minimum Gasteiger partial charge on any atom is -0.484 e. The van der Waals surface area contributed by atoms with E-state index in [0.717, 1.165) is 35.2 Å². The van der Waals surface area contributed by atoms with Crippen LogP contribution in [0, 0.1) is 28.6 Å². The molecule has 2 heterocycles. The highest BCUT2D eigenvalue weighted by Gasteiger charge is 2.50. The van der Waals surface area contributed by atoms with Crippen LogP contribution in [0.3, 0.4) is 0 Å². The van der Waals surface area contributed by atoms with Gasteiger partial charge in [0.2, 0.25) is 14.3 Å². The molecule has 1 saturated heterocycles. The number of likely N-dealkylation sites (tertiary alicyclic amines) is 1. The van der Waals surface area contributed by atoms with Crippen LogP contribution in [-0.2, 0) is 4.43 Å². The first-order valence-electron chi connectivity index (χ1n) is 21.0. The number of aromatic nitrogens is 1. The van der Waals surface area contributed by atoms with Gasteiger partial charge >= 0.3 is 6.03 Å². The maximum atomic E-state index is 13.6. The predicted octanol–water partition coefficient (Wildman–Crippen LogP) is 10.4. The van der Waals surface area contributed by atoms with Crippen molar-refractivity contribution >= 4 is 31.7 Å². The van der Waals surface area contributed by atoms with E-state index in [9.17, 15) is 10.2 Å². The summed E-state index contributed by atoms with van der Waals surface area (Å²) in [6.07, 6.45) is 6.10. The van der Waals surface area contributed by atoms with Gasteiger partial charge in [0.1, 0.15) is 23.2 Å². The second kappa shape index (κ2) is 18.1. The zero-order valence-electron chi connectivity index (χ0n) is 36.7. The summed E-state index contributed by atoms with van der Waals surface area (Å²) in [6.45, 7) is 25.5. The quantitative estimate of drug-likeness (QED) is 0.0612. The van der Waals surface area contributed by atoms with Gasteiger partial charge in [-0.2, -0.15) is 0 Å². The van der Waals surface area contributed by atoms with Gasteiger partial charge in [0.25, 0.3) is 0 Å². The molecule has 58 heavy (non-hydrogen) atoms. The van der Waals surface area contributed by atoms with Crippen LogP contribution >= 0.6 is 0 Å². The highest BCUT2D eigenvalue weighted by molar-refractivity contribution is 6.77. The molecule has 0 spiro atoms. The molecule has 1 fully saturated rings. The first kappa shape index (κ1) is 44.4. The van der Waals surface area contributed by atoms with Crippen molar-refractivity contribution in [1.82, 2.24) is 20.1 Å². The van der Waals surface area contributed by atoms with Crippen LogP contribution < -0.4 is 26.2 Å². The number of carbonyl (C=O) groups is 1. The average molecular weight is 809 g/mol. The summed E-state index contributed by atoms with van der Waals surface area (Å²) in [7, 11) is -2.07. The molecule has 12 heteroatoms. The summed E-state index contributed by atoms with van der Waals surface area (Å²) in [5.74, 6) is 1.26. The molecule has 5 rings (SSSR count). The van der Waals surface area contributed by atoms with Crippen molar-refractivity contribution in [2.45, 2.75) is 136 Å². The molecule has 314 valence electrons. The highest BCUT2D eigenvalue weighted by Crippen LogP contribution is 2.46. The molecule has 3 aromatic rings. The van der Waals surface area contributed by atoms with Crippen LogP contribution in [0.25, 0.3) is 0 Å². The van der Waals surface area contributed by atoms with Gasteiger partial charge in [-0.3, -0.25) is 20.7 Å². The van der Waals surface area contributed by atoms with Gasteiger partial charge in [0, 0.05) is 36.0 Å². The molecule has 1 aliphatic carbocycles. The van der Waals surface area contributed by atoms with Crippen molar-refractivity contribution in [2.75, 3.05) is 18.4 Å². The van der Waals surface area contributed by atoms with Gasteiger partial charge in [0.05, 0.1) is 17.8 Å². The number of carbonyl (C=O) groups excluding carboxylic acids is 1. The molecule has 0 radical (unpaired) electrons. The number of hydrogen-bond donors (Lipinski definition) is 6. The van der Waals surface area contributed by atoms with E-state index in [2.05, 4.69) is 69.3 Å². The molecule has 2 amide bonds. The molecule has 0 unspecified atom stereocenters. The van der Waals surface area contributed by atoms with E-state index in [1.165, 1.54) is 0 Å². The minimum atomic E-state index is -2.07. The molecular formula is C46H68N8O3Si. The Bertz CT molecular complexity index is 2000. The smallest absolute Gasteiger partial charge is 0.320 e. The summed E-state index contributed by atoms with van der Waals surface area (Å²) in [5.41, 5.74) is 5.37. The lowest BCUT2D eigenvalue weighted by Gasteiger charge is -2.51. The van der Waals surface area contributed by atoms with Crippen molar-refractivity contribution in [3.8, 4) is 5.75 Å². The van der Waals surface area contributed by atoms with Gasteiger partial charge in [-0.25, -0.2) is 4.79 Å². The molecule has 0 bridgehead atoms. The maximum absolute atomic E-state index is 13.6. The van der Waals surface area contributed by atoms with Crippen LogP contribution in [0.1, 0.15) is 124 Å². The molecule has 11 nitrogen and oxygen atoms in total. The lowest BCUT2D eigenvalue weighted by Crippen LogP contribution is -2.57. The number of hydrogen-bond acceptors (Lipinski definition) is 7. The van der Waals surface area contributed by atoms with Crippen molar-refractivity contribution in [3.63, 3.8) is 0 Å². The Labute approximate surface area is 347 Å². The van der Waals surface area contributed by atoms with Crippen LogP contribution in [0.2, 0.25) is 16.6 Å². The highest BCUT2D eigenvalue weighted by atomic mass is 28.4. The van der Waals surface area contributed by atoms with E-state index in [0.29, 0.717) is 59.8 Å². The lowest BCUT2D eigenvalue weighted by molar-refractivity contribution is 0.0168. The number of benzene rings is 2. The van der Waals surface area contributed by atoms with Gasteiger partial charge < -0.3 is 30.1 Å². The number of amides is 2. The molecule has 1 aromatic heterocycles. The topological polar surface area (TPSA) is 151 Å². The second-order valence-electron chi connectivity index (χ2n) is 18.5. The normalized spacial score (nSPS) is 18.5. The van der Waals surface area contributed by atoms with Crippen LogP contribution in [-0.4, -0.2) is 54.2 Å². The maximum Gasteiger partial charge on any atom is 0.320 e. The molecular weight excluding hydrogens is 741 g/mol. The first-order chi connectivity index (χ1) is 27.2. The van der Waals surface area contributed by atoms with Crippen molar-refractivity contribution in [1.29, 1.82) is 16.2 Å². The van der Waals surface area contributed by atoms with Gasteiger partial charge in [-0.05, 0) is 91.5 Å². The Hall–Kier alpha value is -4.68. The molecule has 0 saturated carbocycles. The fourth-order valence-electron chi connectivity index (χ4n) is 8.71. The van der Waals surface area contributed by atoms with Gasteiger partial charge in [0.15, 0.2) is 0 Å². The number of fused-ring (bicyclic) bond motifs is 1. The molecule has 2 aromatic carbocycles. The summed E-state index contributed by atoms with van der Waals surface area (Å²) in [6, 6.07) is 18.8. The third-order valence-electron chi connectivity index (χ3n) is 12.1. The molecule has 1 aliphatic heterocycles. The van der Waals surface area contributed by atoms with Crippen molar-refractivity contribution in [3.05, 3.63) is 101 Å². The number of nitrogens with zero attached hydrogens (tertiary/aromatic N) is 2. The Morgan fingerprint density at radius 3 is 2.09 bits per heavy atom. The van der Waals surface area contributed by atoms with Gasteiger partial charge in [-0.1, -0.05) is 104 Å². The Morgan fingerprint density at radius 1 is 0.897 bits per heavy atom. The minimum absolute atomic E-state index is 0.218. The summed E-state index contributed by atoms with van der Waals surface area (Å²) < 4.78 is 15.5. The Kier molecular flexibility index (Phi) is 13.8. The Balaban J connectivity index is 1.26. The number of ether oxygens (including phenoxy) is 1. The zero-order valence-corrected chi connectivity index (χ0v) is 37.7. The largest absolute Gasteiger partial charge is 0.484 e. The average Bonchev–Trinajstić information content (AvgIpc) is 3.15. The molecule has 6 N–H and O–H groups in total. The molecule has 2 aliphatic rings. The summed E-state index contributed by atoms with van der Waals surface area (Å²) in [5, 5.41) is 36.0. The lowest BCUT2D eigenvalue weighted by atomic mass is 9.85. The van der Waals surface area contributed by atoms with E-state index in [-0.39, 0.29) is 35.2 Å².